The molecule has 1 unspecified atom stereocenters. The molecule has 1 N–H and O–H groups in total. The molecule has 1 aromatic rings. The van der Waals surface area contributed by atoms with Crippen LogP contribution < -0.4 is 0 Å². The number of rotatable bonds is 2. The highest BCUT2D eigenvalue weighted by atomic mass is 19.1. The first kappa shape index (κ1) is 13.5. The minimum Gasteiger partial charge on any atom is -0.385 e. The Morgan fingerprint density at radius 3 is 2.33 bits per heavy atom. The average molecular weight is 250 g/mol. The highest BCUT2D eigenvalue weighted by Crippen LogP contribution is 2.38. The van der Waals surface area contributed by atoms with Crippen LogP contribution in [0.15, 0.2) is 18.2 Å². The molecule has 0 spiro atoms. The zero-order valence-electron chi connectivity index (χ0n) is 11.4. The van der Waals surface area contributed by atoms with Crippen LogP contribution in [0, 0.1) is 18.7 Å². The Hall–Kier alpha value is -0.890. The average Bonchev–Trinajstić information content (AvgIpc) is 2.61. The van der Waals surface area contributed by atoms with Gasteiger partial charge in [0.15, 0.2) is 0 Å². The second-order valence-corrected chi connectivity index (χ2v) is 5.80. The van der Waals surface area contributed by atoms with E-state index in [-0.39, 0.29) is 11.7 Å². The van der Waals surface area contributed by atoms with Crippen LogP contribution in [0.2, 0.25) is 0 Å². The van der Waals surface area contributed by atoms with Crippen LogP contribution in [0.1, 0.15) is 56.6 Å². The lowest BCUT2D eigenvalue weighted by atomic mass is 9.78. The number of aliphatic hydroxyl groups is 1. The molecule has 1 atom stereocenters. The summed E-state index contributed by atoms with van der Waals surface area (Å²) < 4.78 is 13.6. The van der Waals surface area contributed by atoms with Gasteiger partial charge in [-0.1, -0.05) is 37.8 Å². The first-order chi connectivity index (χ1) is 8.51. The van der Waals surface area contributed by atoms with Crippen molar-refractivity contribution in [2.75, 3.05) is 0 Å². The van der Waals surface area contributed by atoms with Crippen LogP contribution in [0.3, 0.4) is 0 Å². The summed E-state index contributed by atoms with van der Waals surface area (Å²) in [7, 11) is 0. The van der Waals surface area contributed by atoms with E-state index >= 15 is 0 Å². The van der Waals surface area contributed by atoms with Crippen molar-refractivity contribution in [1.82, 2.24) is 0 Å². The molecule has 0 aliphatic heterocycles. The molecule has 0 bridgehead atoms. The van der Waals surface area contributed by atoms with E-state index in [9.17, 15) is 9.50 Å². The van der Waals surface area contributed by atoms with Crippen LogP contribution >= 0.6 is 0 Å². The van der Waals surface area contributed by atoms with Crippen LogP contribution in [-0.4, -0.2) is 5.11 Å². The first-order valence-corrected chi connectivity index (χ1v) is 7.01. The zero-order chi connectivity index (χ0) is 13.2. The van der Waals surface area contributed by atoms with Gasteiger partial charge in [0, 0.05) is 0 Å². The normalized spacial score (nSPS) is 21.3. The van der Waals surface area contributed by atoms with Gasteiger partial charge in [0.1, 0.15) is 5.82 Å². The smallest absolute Gasteiger partial charge is 0.126 e. The van der Waals surface area contributed by atoms with E-state index in [1.54, 1.807) is 13.0 Å². The quantitative estimate of drug-likeness (QED) is 0.775. The molecule has 0 saturated heterocycles. The topological polar surface area (TPSA) is 20.2 Å². The van der Waals surface area contributed by atoms with Crippen molar-refractivity contribution in [3.05, 3.63) is 35.1 Å². The van der Waals surface area contributed by atoms with Gasteiger partial charge in [-0.15, -0.1) is 0 Å². The molecular weight excluding hydrogens is 227 g/mol. The Bertz CT molecular complexity index is 404. The fraction of sp³-hybridized carbons (Fsp3) is 0.625. The van der Waals surface area contributed by atoms with E-state index in [1.807, 2.05) is 13.0 Å². The van der Waals surface area contributed by atoms with E-state index in [1.165, 1.54) is 31.7 Å². The number of benzene rings is 1. The molecule has 0 aromatic heterocycles. The van der Waals surface area contributed by atoms with Gasteiger partial charge in [0.05, 0.1) is 5.60 Å². The molecule has 1 aromatic carbocycles. The fourth-order valence-electron chi connectivity index (χ4n) is 2.98. The van der Waals surface area contributed by atoms with E-state index in [0.29, 0.717) is 5.56 Å². The molecule has 1 aliphatic carbocycles. The number of hydrogen-bond acceptors (Lipinski definition) is 1. The summed E-state index contributed by atoms with van der Waals surface area (Å²) in [4.78, 5) is 0. The maximum Gasteiger partial charge on any atom is 0.126 e. The molecule has 1 fully saturated rings. The summed E-state index contributed by atoms with van der Waals surface area (Å²) in [5.41, 5.74) is 0.451. The third kappa shape index (κ3) is 2.74. The fourth-order valence-corrected chi connectivity index (χ4v) is 2.98. The maximum atomic E-state index is 13.6. The second kappa shape index (κ2) is 5.40. The first-order valence-electron chi connectivity index (χ1n) is 7.01. The second-order valence-electron chi connectivity index (χ2n) is 5.80. The van der Waals surface area contributed by atoms with E-state index in [0.717, 1.165) is 18.4 Å². The van der Waals surface area contributed by atoms with Crippen LogP contribution in [-0.2, 0) is 5.60 Å². The summed E-state index contributed by atoms with van der Waals surface area (Å²) >= 11 is 0. The summed E-state index contributed by atoms with van der Waals surface area (Å²) in [5.74, 6) is 0.0310. The van der Waals surface area contributed by atoms with Gasteiger partial charge in [-0.25, -0.2) is 4.39 Å². The van der Waals surface area contributed by atoms with Gasteiger partial charge < -0.3 is 5.11 Å². The van der Waals surface area contributed by atoms with Gasteiger partial charge in [0.2, 0.25) is 0 Å². The standard InChI is InChI=1S/C16H23FO/c1-12-9-10-14(11-15(12)17)16(2,18)13-7-5-3-4-6-8-13/h9-11,13,18H,3-8H2,1-2H3. The van der Waals surface area contributed by atoms with Crippen LogP contribution in [0.5, 0.6) is 0 Å². The molecule has 2 rings (SSSR count). The lowest BCUT2D eigenvalue weighted by Gasteiger charge is -2.33. The van der Waals surface area contributed by atoms with Crippen molar-refractivity contribution >= 4 is 0 Å². The summed E-state index contributed by atoms with van der Waals surface area (Å²) in [6.45, 7) is 3.59. The molecule has 0 radical (unpaired) electrons. The van der Waals surface area contributed by atoms with Gasteiger partial charge in [0.25, 0.3) is 0 Å². The molecule has 100 valence electrons. The van der Waals surface area contributed by atoms with Crippen molar-refractivity contribution < 1.29 is 9.50 Å². The number of aryl methyl sites for hydroxylation is 1. The predicted molar refractivity (Wildman–Crippen MR) is 71.9 cm³/mol. The van der Waals surface area contributed by atoms with E-state index < -0.39 is 5.60 Å². The van der Waals surface area contributed by atoms with Gasteiger partial charge in [-0.3, -0.25) is 0 Å². The minimum absolute atomic E-state index is 0.221. The predicted octanol–water partition coefficient (Wildman–Crippen LogP) is 4.31. The van der Waals surface area contributed by atoms with Gasteiger partial charge >= 0.3 is 0 Å². The molecule has 1 aliphatic rings. The van der Waals surface area contributed by atoms with Gasteiger partial charge in [-0.2, -0.15) is 0 Å². The molecule has 2 heteroatoms. The third-order valence-corrected chi connectivity index (χ3v) is 4.41. The highest BCUT2D eigenvalue weighted by molar-refractivity contribution is 5.28. The van der Waals surface area contributed by atoms with E-state index in [2.05, 4.69) is 0 Å². The minimum atomic E-state index is -0.904. The zero-order valence-corrected chi connectivity index (χ0v) is 11.4. The summed E-state index contributed by atoms with van der Waals surface area (Å²) in [6, 6.07) is 5.12. The van der Waals surface area contributed by atoms with Crippen molar-refractivity contribution in [2.45, 2.75) is 58.0 Å². The third-order valence-electron chi connectivity index (χ3n) is 4.41. The lowest BCUT2D eigenvalue weighted by Crippen LogP contribution is -2.31. The van der Waals surface area contributed by atoms with E-state index in [4.69, 9.17) is 0 Å². The monoisotopic (exact) mass is 250 g/mol. The van der Waals surface area contributed by atoms with Crippen molar-refractivity contribution in [2.24, 2.45) is 5.92 Å². The van der Waals surface area contributed by atoms with Crippen molar-refractivity contribution in [3.8, 4) is 0 Å². The SMILES string of the molecule is Cc1ccc(C(C)(O)C2CCCCCC2)cc1F. The van der Waals surface area contributed by atoms with Crippen LogP contribution in [0.25, 0.3) is 0 Å². The summed E-state index contributed by atoms with van der Waals surface area (Å²) in [6.07, 6.45) is 6.96. The lowest BCUT2D eigenvalue weighted by molar-refractivity contribution is -0.0128. The van der Waals surface area contributed by atoms with Crippen molar-refractivity contribution in [1.29, 1.82) is 0 Å². The highest BCUT2D eigenvalue weighted by Gasteiger charge is 2.34. The van der Waals surface area contributed by atoms with Crippen LogP contribution in [0.4, 0.5) is 4.39 Å². The molecular formula is C16H23FO. The molecule has 0 amide bonds. The molecule has 18 heavy (non-hydrogen) atoms. The maximum absolute atomic E-state index is 13.6. The molecule has 1 saturated carbocycles. The Balaban J connectivity index is 2.24. The number of hydrogen-bond donors (Lipinski definition) is 1. The number of halogens is 1. The summed E-state index contributed by atoms with van der Waals surface area (Å²) in [5, 5.41) is 10.8. The largest absolute Gasteiger partial charge is 0.385 e. The Morgan fingerprint density at radius 2 is 1.78 bits per heavy atom. The Kier molecular flexibility index (Phi) is 4.06. The Labute approximate surface area is 109 Å². The molecule has 1 nitrogen and oxygen atoms in total. The van der Waals surface area contributed by atoms with Crippen molar-refractivity contribution in [3.63, 3.8) is 0 Å². The Morgan fingerprint density at radius 1 is 1.17 bits per heavy atom. The molecule has 0 heterocycles. The van der Waals surface area contributed by atoms with Gasteiger partial charge in [-0.05, 0) is 49.8 Å².